The molecule has 0 fully saturated rings. The predicted octanol–water partition coefficient (Wildman–Crippen LogP) is 2.08. The molecule has 142 valence electrons. The fourth-order valence-corrected chi connectivity index (χ4v) is 1.98. The molecule has 0 aliphatic carbocycles. The van der Waals surface area contributed by atoms with Crippen LogP contribution in [0.1, 0.15) is 12.5 Å². The molecule has 1 unspecified atom stereocenters. The Labute approximate surface area is 156 Å². The maximum Gasteiger partial charge on any atom is 0.344 e. The van der Waals surface area contributed by atoms with Gasteiger partial charge in [-0.05, 0) is 48.9 Å². The van der Waals surface area contributed by atoms with E-state index >= 15 is 0 Å². The molecule has 1 atom stereocenters. The lowest BCUT2D eigenvalue weighted by Crippen LogP contribution is -2.24. The van der Waals surface area contributed by atoms with Gasteiger partial charge in [0.25, 0.3) is 5.91 Å². The Bertz CT molecular complexity index is 804. The van der Waals surface area contributed by atoms with Crippen molar-refractivity contribution >= 4 is 18.1 Å². The van der Waals surface area contributed by atoms with Crippen LogP contribution in [0.3, 0.4) is 0 Å². The zero-order valence-corrected chi connectivity index (χ0v) is 14.9. The fraction of sp³-hybridized carbons (Fsp3) is 0.211. The first kappa shape index (κ1) is 19.8. The van der Waals surface area contributed by atoms with Crippen molar-refractivity contribution in [2.45, 2.75) is 13.0 Å². The summed E-state index contributed by atoms with van der Waals surface area (Å²) in [7, 11) is 1.52. The molecule has 2 N–H and O–H groups in total. The van der Waals surface area contributed by atoms with E-state index in [1.54, 1.807) is 48.5 Å². The molecule has 0 heterocycles. The highest BCUT2D eigenvalue weighted by Crippen LogP contribution is 2.25. The average Bonchev–Trinajstić information content (AvgIpc) is 2.67. The first-order chi connectivity index (χ1) is 13.0. The molecule has 0 aliphatic heterocycles. The van der Waals surface area contributed by atoms with Crippen molar-refractivity contribution < 1.29 is 28.9 Å². The molecule has 2 aromatic carbocycles. The summed E-state index contributed by atoms with van der Waals surface area (Å²) in [5.41, 5.74) is 3.06. The number of nitrogens with zero attached hydrogens (tertiary/aromatic N) is 1. The van der Waals surface area contributed by atoms with Gasteiger partial charge in [-0.3, -0.25) is 4.79 Å². The number of carboxylic acid groups (broad SMARTS) is 1. The maximum absolute atomic E-state index is 11.8. The van der Waals surface area contributed by atoms with Crippen LogP contribution >= 0.6 is 0 Å². The normalized spacial score (nSPS) is 11.6. The van der Waals surface area contributed by atoms with E-state index in [1.165, 1.54) is 20.2 Å². The number of ether oxygens (including phenoxy) is 3. The fourth-order valence-electron chi connectivity index (χ4n) is 1.98. The van der Waals surface area contributed by atoms with Crippen LogP contribution in [-0.4, -0.2) is 43.0 Å². The molecular weight excluding hydrogens is 352 g/mol. The molecule has 8 nitrogen and oxygen atoms in total. The van der Waals surface area contributed by atoms with Crippen molar-refractivity contribution in [1.29, 1.82) is 0 Å². The van der Waals surface area contributed by atoms with Gasteiger partial charge in [-0.25, -0.2) is 10.2 Å². The zero-order chi connectivity index (χ0) is 19.6. The molecule has 0 spiro atoms. The largest absolute Gasteiger partial charge is 0.493 e. The minimum Gasteiger partial charge on any atom is -0.493 e. The Kier molecular flexibility index (Phi) is 7.18. The molecule has 2 aromatic rings. The topological polar surface area (TPSA) is 106 Å². The summed E-state index contributed by atoms with van der Waals surface area (Å²) in [6, 6.07) is 13.6. The number of hydrogen-bond acceptors (Lipinski definition) is 6. The van der Waals surface area contributed by atoms with Crippen LogP contribution < -0.4 is 19.6 Å². The van der Waals surface area contributed by atoms with Gasteiger partial charge in [0, 0.05) is 0 Å². The lowest BCUT2D eigenvalue weighted by Gasteiger charge is -2.10. The van der Waals surface area contributed by atoms with E-state index in [2.05, 4.69) is 10.5 Å². The van der Waals surface area contributed by atoms with E-state index in [0.29, 0.717) is 22.8 Å². The summed E-state index contributed by atoms with van der Waals surface area (Å²) < 4.78 is 15.7. The predicted molar refractivity (Wildman–Crippen MR) is 98.4 cm³/mol. The Morgan fingerprint density at radius 1 is 1.15 bits per heavy atom. The van der Waals surface area contributed by atoms with Crippen LogP contribution in [0.15, 0.2) is 53.6 Å². The number of nitrogens with one attached hydrogen (secondary N) is 1. The van der Waals surface area contributed by atoms with Crippen molar-refractivity contribution in [2.75, 3.05) is 13.7 Å². The molecule has 0 bridgehead atoms. The molecule has 8 heteroatoms. The van der Waals surface area contributed by atoms with Crippen LogP contribution in [0, 0.1) is 0 Å². The molecule has 27 heavy (non-hydrogen) atoms. The molecule has 1 amide bonds. The Balaban J connectivity index is 1.80. The number of rotatable bonds is 9. The smallest absolute Gasteiger partial charge is 0.344 e. The van der Waals surface area contributed by atoms with Crippen molar-refractivity contribution in [2.24, 2.45) is 5.10 Å². The summed E-state index contributed by atoms with van der Waals surface area (Å²) in [5, 5.41) is 12.7. The molecule has 0 saturated carbocycles. The monoisotopic (exact) mass is 372 g/mol. The van der Waals surface area contributed by atoms with E-state index in [0.717, 1.165) is 0 Å². The van der Waals surface area contributed by atoms with E-state index in [4.69, 9.17) is 19.3 Å². The number of hydrogen-bond donors (Lipinski definition) is 2. The highest BCUT2D eigenvalue weighted by atomic mass is 16.5. The van der Waals surface area contributed by atoms with Crippen molar-refractivity contribution in [3.05, 3.63) is 54.1 Å². The number of carbonyl (C=O) groups is 2. The summed E-state index contributed by atoms with van der Waals surface area (Å²) >= 11 is 0. The quantitative estimate of drug-likeness (QED) is 0.516. The lowest BCUT2D eigenvalue weighted by atomic mass is 10.2. The maximum atomic E-state index is 11.8. The van der Waals surface area contributed by atoms with Gasteiger partial charge in [0.1, 0.15) is 5.75 Å². The molecule has 0 radical (unpaired) electrons. The third-order valence-electron chi connectivity index (χ3n) is 3.37. The van der Waals surface area contributed by atoms with E-state index in [-0.39, 0.29) is 6.61 Å². The van der Waals surface area contributed by atoms with Gasteiger partial charge in [-0.2, -0.15) is 5.10 Å². The van der Waals surface area contributed by atoms with Gasteiger partial charge in [-0.1, -0.05) is 12.1 Å². The van der Waals surface area contributed by atoms with Crippen LogP contribution in [-0.2, 0) is 9.59 Å². The first-order valence-corrected chi connectivity index (χ1v) is 8.07. The average molecular weight is 372 g/mol. The third-order valence-corrected chi connectivity index (χ3v) is 3.37. The van der Waals surface area contributed by atoms with Gasteiger partial charge in [0.05, 0.1) is 13.3 Å². The first-order valence-electron chi connectivity index (χ1n) is 8.07. The lowest BCUT2D eigenvalue weighted by molar-refractivity contribution is -0.144. The van der Waals surface area contributed by atoms with Crippen LogP contribution in [0.25, 0.3) is 0 Å². The van der Waals surface area contributed by atoms with Gasteiger partial charge >= 0.3 is 5.97 Å². The molecule has 0 aliphatic rings. The summed E-state index contributed by atoms with van der Waals surface area (Å²) in [4.78, 5) is 22.5. The Morgan fingerprint density at radius 2 is 1.81 bits per heavy atom. The SMILES string of the molecule is COc1ccccc1OCC(=O)N/N=C/c1ccc(OC(C)C(=O)O)cc1. The minimum atomic E-state index is -1.04. The number of methoxy groups -OCH3 is 1. The van der Waals surface area contributed by atoms with Crippen molar-refractivity contribution in [3.63, 3.8) is 0 Å². The number of benzene rings is 2. The van der Waals surface area contributed by atoms with E-state index in [9.17, 15) is 9.59 Å². The Morgan fingerprint density at radius 3 is 2.44 bits per heavy atom. The van der Waals surface area contributed by atoms with Gasteiger partial charge in [-0.15, -0.1) is 0 Å². The Hall–Kier alpha value is -3.55. The number of carboxylic acids is 1. The third kappa shape index (κ3) is 6.35. The van der Waals surface area contributed by atoms with Crippen molar-refractivity contribution in [1.82, 2.24) is 5.43 Å². The van der Waals surface area contributed by atoms with Gasteiger partial charge in [0.2, 0.25) is 0 Å². The molecular formula is C19H20N2O6. The second-order valence-electron chi connectivity index (χ2n) is 5.40. The van der Waals surface area contributed by atoms with E-state index in [1.807, 2.05) is 0 Å². The highest BCUT2D eigenvalue weighted by Gasteiger charge is 2.11. The van der Waals surface area contributed by atoms with Crippen LogP contribution in [0.4, 0.5) is 0 Å². The second kappa shape index (κ2) is 9.81. The number of carbonyl (C=O) groups excluding carboxylic acids is 1. The molecule has 2 rings (SSSR count). The number of amides is 1. The van der Waals surface area contributed by atoms with E-state index < -0.39 is 18.0 Å². The molecule has 0 aromatic heterocycles. The van der Waals surface area contributed by atoms with Crippen molar-refractivity contribution in [3.8, 4) is 17.2 Å². The number of aliphatic carboxylic acids is 1. The van der Waals surface area contributed by atoms with Crippen LogP contribution in [0.2, 0.25) is 0 Å². The standard InChI is InChI=1S/C19H20N2O6/c1-13(19(23)24)27-15-9-7-14(8-10-15)11-20-21-18(22)12-26-17-6-4-3-5-16(17)25-2/h3-11,13H,12H2,1-2H3,(H,21,22)(H,23,24)/b20-11+. The molecule has 0 saturated heterocycles. The highest BCUT2D eigenvalue weighted by molar-refractivity contribution is 5.83. The zero-order valence-electron chi connectivity index (χ0n) is 14.9. The van der Waals surface area contributed by atoms with Gasteiger partial charge < -0.3 is 19.3 Å². The van der Waals surface area contributed by atoms with Gasteiger partial charge in [0.15, 0.2) is 24.2 Å². The number of para-hydroxylation sites is 2. The minimum absolute atomic E-state index is 0.211. The second-order valence-corrected chi connectivity index (χ2v) is 5.40. The number of hydrazone groups is 1. The summed E-state index contributed by atoms with van der Waals surface area (Å²) in [6.07, 6.45) is 0.512. The summed E-state index contributed by atoms with van der Waals surface area (Å²) in [6.45, 7) is 1.23. The summed E-state index contributed by atoms with van der Waals surface area (Å²) in [5.74, 6) is -0.0407. The van der Waals surface area contributed by atoms with Crippen LogP contribution in [0.5, 0.6) is 17.2 Å².